The smallest absolute Gasteiger partial charge is 0.245 e. The molecule has 1 fully saturated rings. The number of carbonyl (C=O) groups is 2. The van der Waals surface area contributed by atoms with Gasteiger partial charge in [-0.15, -0.1) is 0 Å². The number of aryl methyl sites for hydroxylation is 1. The Balaban J connectivity index is 1.81. The molecule has 0 spiro atoms. The molecule has 3 rings (SSSR count). The fourth-order valence-corrected chi connectivity index (χ4v) is 3.43. The number of amides is 2. The summed E-state index contributed by atoms with van der Waals surface area (Å²) in [7, 11) is 1.64. The summed E-state index contributed by atoms with van der Waals surface area (Å²) in [5.74, 6) is 0.524. The van der Waals surface area contributed by atoms with Crippen LogP contribution in [0.3, 0.4) is 0 Å². The van der Waals surface area contributed by atoms with E-state index in [4.69, 9.17) is 9.84 Å². The highest BCUT2D eigenvalue weighted by molar-refractivity contribution is 5.94. The number of anilines is 1. The fraction of sp³-hybridized carbons (Fsp3) is 0.542. The molecule has 0 radical (unpaired) electrons. The van der Waals surface area contributed by atoms with Crippen LogP contribution in [0, 0.1) is 12.8 Å². The number of ether oxygens (including phenoxy) is 1. The average molecular weight is 427 g/mol. The van der Waals surface area contributed by atoms with Crippen molar-refractivity contribution in [3.8, 4) is 5.69 Å². The Morgan fingerprint density at radius 3 is 2.58 bits per heavy atom. The SMILES string of the molecule is COCCCN(CC(=O)Nc1cc(C(C)(C)C)nn1-c1ccccc1C)C(=O)C1CC1. The Labute approximate surface area is 184 Å². The third-order valence-corrected chi connectivity index (χ3v) is 5.44. The molecule has 2 amide bonds. The monoisotopic (exact) mass is 426 g/mol. The Bertz CT molecular complexity index is 925. The quantitative estimate of drug-likeness (QED) is 0.621. The van der Waals surface area contributed by atoms with Gasteiger partial charge in [0.05, 0.1) is 17.9 Å². The second-order valence-electron chi connectivity index (χ2n) is 9.29. The van der Waals surface area contributed by atoms with Gasteiger partial charge in [0.15, 0.2) is 0 Å². The first-order chi connectivity index (χ1) is 14.7. The second-order valence-corrected chi connectivity index (χ2v) is 9.29. The summed E-state index contributed by atoms with van der Waals surface area (Å²) in [4.78, 5) is 27.3. The number of benzene rings is 1. The van der Waals surface area contributed by atoms with Crippen molar-refractivity contribution in [2.24, 2.45) is 5.92 Å². The van der Waals surface area contributed by atoms with Crippen LogP contribution in [0.2, 0.25) is 0 Å². The summed E-state index contributed by atoms with van der Waals surface area (Å²) in [6.45, 7) is 9.40. The molecule has 31 heavy (non-hydrogen) atoms. The van der Waals surface area contributed by atoms with Gasteiger partial charge in [-0.3, -0.25) is 9.59 Å². The molecule has 0 bridgehead atoms. The Kier molecular flexibility index (Phi) is 7.15. The number of rotatable bonds is 9. The van der Waals surface area contributed by atoms with Crippen molar-refractivity contribution in [2.75, 3.05) is 32.1 Å². The lowest BCUT2D eigenvalue weighted by Crippen LogP contribution is -2.40. The van der Waals surface area contributed by atoms with E-state index < -0.39 is 0 Å². The maximum absolute atomic E-state index is 13.0. The van der Waals surface area contributed by atoms with Gasteiger partial charge in [-0.25, -0.2) is 4.68 Å². The van der Waals surface area contributed by atoms with E-state index in [0.717, 1.165) is 29.8 Å². The van der Waals surface area contributed by atoms with Crippen molar-refractivity contribution < 1.29 is 14.3 Å². The number of carbonyl (C=O) groups excluding carboxylic acids is 2. The number of aromatic nitrogens is 2. The van der Waals surface area contributed by atoms with Gasteiger partial charge in [0.25, 0.3) is 0 Å². The lowest BCUT2D eigenvalue weighted by atomic mass is 9.92. The molecular weight excluding hydrogens is 392 g/mol. The van der Waals surface area contributed by atoms with Crippen LogP contribution >= 0.6 is 0 Å². The Morgan fingerprint density at radius 1 is 1.26 bits per heavy atom. The van der Waals surface area contributed by atoms with Crippen LogP contribution < -0.4 is 5.32 Å². The van der Waals surface area contributed by atoms with Gasteiger partial charge in [0.1, 0.15) is 5.82 Å². The minimum Gasteiger partial charge on any atom is -0.385 e. The van der Waals surface area contributed by atoms with Crippen LogP contribution in [-0.4, -0.2) is 53.3 Å². The van der Waals surface area contributed by atoms with Crippen LogP contribution in [0.15, 0.2) is 30.3 Å². The summed E-state index contributed by atoms with van der Waals surface area (Å²) in [5, 5.41) is 7.78. The molecule has 1 aliphatic rings. The van der Waals surface area contributed by atoms with E-state index in [1.54, 1.807) is 16.7 Å². The molecule has 7 nitrogen and oxygen atoms in total. The number of hydrogen-bond donors (Lipinski definition) is 1. The van der Waals surface area contributed by atoms with E-state index in [9.17, 15) is 9.59 Å². The number of nitrogens with zero attached hydrogens (tertiary/aromatic N) is 3. The van der Waals surface area contributed by atoms with Crippen LogP contribution in [-0.2, 0) is 19.7 Å². The molecule has 1 aliphatic carbocycles. The molecule has 1 heterocycles. The normalized spacial score (nSPS) is 13.8. The molecule has 7 heteroatoms. The third-order valence-electron chi connectivity index (χ3n) is 5.44. The van der Waals surface area contributed by atoms with Gasteiger partial charge in [0.2, 0.25) is 11.8 Å². The largest absolute Gasteiger partial charge is 0.385 e. The molecular formula is C24H34N4O3. The van der Waals surface area contributed by atoms with E-state index in [1.807, 2.05) is 37.3 Å². The van der Waals surface area contributed by atoms with Crippen LogP contribution in [0.25, 0.3) is 5.69 Å². The van der Waals surface area contributed by atoms with Crippen molar-refractivity contribution >= 4 is 17.6 Å². The highest BCUT2D eigenvalue weighted by atomic mass is 16.5. The molecule has 0 atom stereocenters. The highest BCUT2D eigenvalue weighted by Gasteiger charge is 2.34. The van der Waals surface area contributed by atoms with Gasteiger partial charge in [-0.2, -0.15) is 5.10 Å². The molecule has 1 N–H and O–H groups in total. The summed E-state index contributed by atoms with van der Waals surface area (Å²) in [6, 6.07) is 9.86. The van der Waals surface area contributed by atoms with Crippen molar-refractivity contribution in [3.63, 3.8) is 0 Å². The average Bonchev–Trinajstić information content (AvgIpc) is 3.47. The van der Waals surface area contributed by atoms with Crippen molar-refractivity contribution in [2.45, 2.75) is 52.4 Å². The lowest BCUT2D eigenvalue weighted by molar-refractivity contribution is -0.136. The Morgan fingerprint density at radius 2 is 1.97 bits per heavy atom. The predicted octanol–water partition coefficient (Wildman–Crippen LogP) is 3.69. The minimum absolute atomic E-state index is 0.0306. The zero-order valence-electron chi connectivity index (χ0n) is 19.3. The molecule has 168 valence electrons. The van der Waals surface area contributed by atoms with Gasteiger partial charge >= 0.3 is 0 Å². The maximum Gasteiger partial charge on any atom is 0.245 e. The lowest BCUT2D eigenvalue weighted by Gasteiger charge is -2.22. The molecule has 0 saturated heterocycles. The zero-order chi connectivity index (χ0) is 22.6. The van der Waals surface area contributed by atoms with E-state index in [-0.39, 0.29) is 29.7 Å². The van der Waals surface area contributed by atoms with Gasteiger partial charge in [-0.05, 0) is 37.8 Å². The van der Waals surface area contributed by atoms with Gasteiger partial charge < -0.3 is 15.0 Å². The molecule has 2 aromatic rings. The Hall–Kier alpha value is -2.67. The van der Waals surface area contributed by atoms with Crippen molar-refractivity contribution in [1.82, 2.24) is 14.7 Å². The zero-order valence-corrected chi connectivity index (χ0v) is 19.3. The number of hydrogen-bond acceptors (Lipinski definition) is 4. The molecule has 1 saturated carbocycles. The van der Waals surface area contributed by atoms with E-state index in [0.29, 0.717) is 25.4 Å². The van der Waals surface area contributed by atoms with Crippen LogP contribution in [0.4, 0.5) is 5.82 Å². The van der Waals surface area contributed by atoms with Gasteiger partial charge in [-0.1, -0.05) is 39.0 Å². The van der Waals surface area contributed by atoms with E-state index >= 15 is 0 Å². The van der Waals surface area contributed by atoms with Crippen molar-refractivity contribution in [1.29, 1.82) is 0 Å². The topological polar surface area (TPSA) is 76.5 Å². The van der Waals surface area contributed by atoms with Crippen LogP contribution in [0.1, 0.15) is 51.3 Å². The molecule has 0 aliphatic heterocycles. The third kappa shape index (κ3) is 5.94. The molecule has 1 aromatic heterocycles. The number of nitrogens with one attached hydrogen (secondary N) is 1. The molecule has 1 aromatic carbocycles. The first-order valence-electron chi connectivity index (χ1n) is 10.9. The van der Waals surface area contributed by atoms with E-state index in [2.05, 4.69) is 26.1 Å². The first kappa shape index (κ1) is 23.0. The second kappa shape index (κ2) is 9.64. The van der Waals surface area contributed by atoms with Crippen molar-refractivity contribution in [3.05, 3.63) is 41.6 Å². The van der Waals surface area contributed by atoms with Crippen LogP contribution in [0.5, 0.6) is 0 Å². The predicted molar refractivity (Wildman–Crippen MR) is 121 cm³/mol. The summed E-state index contributed by atoms with van der Waals surface area (Å²) in [5.41, 5.74) is 2.70. The van der Waals surface area contributed by atoms with Gasteiger partial charge in [0, 0.05) is 37.7 Å². The summed E-state index contributed by atoms with van der Waals surface area (Å²) in [6.07, 6.45) is 2.53. The fourth-order valence-electron chi connectivity index (χ4n) is 3.43. The number of methoxy groups -OCH3 is 1. The van der Waals surface area contributed by atoms with E-state index in [1.165, 1.54) is 0 Å². The molecule has 0 unspecified atom stereocenters. The maximum atomic E-state index is 13.0. The summed E-state index contributed by atoms with van der Waals surface area (Å²) >= 11 is 0. The minimum atomic E-state index is -0.221. The highest BCUT2D eigenvalue weighted by Crippen LogP contribution is 2.31. The standard InChI is InChI=1S/C24H34N4O3/c1-17-9-6-7-10-19(17)28-21(15-20(26-28)24(2,3)4)25-22(29)16-27(13-8-14-31-5)23(30)18-11-12-18/h6-7,9-10,15,18H,8,11-14,16H2,1-5H3,(H,25,29). The first-order valence-corrected chi connectivity index (χ1v) is 10.9. The summed E-state index contributed by atoms with van der Waals surface area (Å²) < 4.78 is 6.89. The number of para-hydroxylation sites is 1.